The van der Waals surface area contributed by atoms with Gasteiger partial charge in [0.25, 0.3) is 0 Å². The van der Waals surface area contributed by atoms with Gasteiger partial charge in [0.05, 0.1) is 22.2 Å². The molecule has 0 radical (unpaired) electrons. The second kappa shape index (κ2) is 5.85. The Morgan fingerprint density at radius 2 is 1.83 bits per heavy atom. The monoisotopic (exact) mass is 329 g/mol. The van der Waals surface area contributed by atoms with E-state index in [9.17, 15) is 4.21 Å². The summed E-state index contributed by atoms with van der Waals surface area (Å²) in [5.74, 6) is 1.68. The van der Waals surface area contributed by atoms with Crippen LogP contribution in [-0.2, 0) is 9.73 Å². The number of nitrogens with one attached hydrogen (secondary N) is 1. The lowest BCUT2D eigenvalue weighted by Gasteiger charge is -2.09. The van der Waals surface area contributed by atoms with Crippen molar-refractivity contribution in [2.45, 2.75) is 4.90 Å². The highest BCUT2D eigenvalue weighted by atomic mass is 32.2. The Balaban J connectivity index is 1.95. The van der Waals surface area contributed by atoms with Crippen molar-refractivity contribution in [3.05, 3.63) is 48.7 Å². The number of pyridine rings is 2. The fourth-order valence-electron chi connectivity index (χ4n) is 2.08. The topological polar surface area (TPSA) is 85.2 Å². The smallest absolute Gasteiger partial charge is 0.215 e. The quantitative estimate of drug-likeness (QED) is 0.792. The van der Waals surface area contributed by atoms with Crippen molar-refractivity contribution >= 4 is 20.8 Å². The number of benzene rings is 1. The van der Waals surface area contributed by atoms with Crippen LogP contribution in [0.1, 0.15) is 0 Å². The molecule has 0 aliphatic rings. The first-order valence-electron chi connectivity index (χ1n) is 6.79. The molecule has 23 heavy (non-hydrogen) atoms. The molecule has 2 heterocycles. The van der Waals surface area contributed by atoms with Crippen LogP contribution in [0.3, 0.4) is 0 Å². The molecule has 1 atom stereocenters. The summed E-state index contributed by atoms with van der Waals surface area (Å²) in [4.78, 5) is 8.94. The van der Waals surface area contributed by atoms with Gasteiger partial charge in [-0.2, -0.15) is 4.98 Å². The van der Waals surface area contributed by atoms with E-state index >= 15 is 0 Å². The summed E-state index contributed by atoms with van der Waals surface area (Å²) in [5.41, 5.74) is 0.529. The molecule has 0 bridgehead atoms. The van der Waals surface area contributed by atoms with Crippen molar-refractivity contribution in [2.75, 3.05) is 13.4 Å². The van der Waals surface area contributed by atoms with Crippen molar-refractivity contribution in [3.63, 3.8) is 0 Å². The molecule has 0 saturated carbocycles. The highest BCUT2D eigenvalue weighted by Gasteiger charge is 2.08. The first kappa shape index (κ1) is 15.2. The molecular weight excluding hydrogens is 314 g/mol. The van der Waals surface area contributed by atoms with Crippen molar-refractivity contribution in [1.82, 2.24) is 9.97 Å². The summed E-state index contributed by atoms with van der Waals surface area (Å²) in [5, 5.41) is 0.761. The fourth-order valence-corrected chi connectivity index (χ4v) is 2.74. The van der Waals surface area contributed by atoms with Crippen LogP contribution in [0.2, 0.25) is 0 Å². The summed E-state index contributed by atoms with van der Waals surface area (Å²) < 4.78 is 30.2. The van der Waals surface area contributed by atoms with Gasteiger partial charge in [-0.3, -0.25) is 0 Å². The zero-order chi connectivity index (χ0) is 16.4. The van der Waals surface area contributed by atoms with Gasteiger partial charge in [-0.15, -0.1) is 0 Å². The Morgan fingerprint density at radius 3 is 2.48 bits per heavy atom. The lowest BCUT2D eigenvalue weighted by atomic mass is 10.2. The van der Waals surface area contributed by atoms with Gasteiger partial charge in [0.1, 0.15) is 11.5 Å². The molecule has 7 heteroatoms. The average Bonchev–Trinajstić information content (AvgIpc) is 2.54. The third-order valence-electron chi connectivity index (χ3n) is 3.25. The summed E-state index contributed by atoms with van der Waals surface area (Å²) >= 11 is 0. The minimum absolute atomic E-state index is 0.468. The van der Waals surface area contributed by atoms with E-state index in [2.05, 4.69) is 9.97 Å². The molecule has 3 aromatic rings. The van der Waals surface area contributed by atoms with Gasteiger partial charge in [-0.1, -0.05) is 0 Å². The Labute approximate surface area is 134 Å². The predicted octanol–water partition coefficient (Wildman–Crippen LogP) is 3.47. The number of aromatic nitrogens is 2. The maximum atomic E-state index is 11.7. The number of rotatable bonds is 4. The molecule has 1 N–H and O–H groups in total. The molecule has 118 valence electrons. The molecule has 0 saturated heterocycles. The highest BCUT2D eigenvalue weighted by molar-refractivity contribution is 7.91. The number of hydrogen-bond donors (Lipinski definition) is 1. The summed E-state index contributed by atoms with van der Waals surface area (Å²) in [6.45, 7) is 0. The normalized spacial score (nSPS) is 13.5. The van der Waals surface area contributed by atoms with Gasteiger partial charge in [0.15, 0.2) is 5.65 Å². The molecule has 0 aliphatic heterocycles. The SMILES string of the molecule is COc1ccc2c(Oc3ccc(S(C)(=N)=O)cc3)ccnc2n1. The maximum Gasteiger partial charge on any atom is 0.215 e. The number of methoxy groups -OCH3 is 1. The molecule has 0 amide bonds. The van der Waals surface area contributed by atoms with Gasteiger partial charge < -0.3 is 9.47 Å². The van der Waals surface area contributed by atoms with E-state index in [1.165, 1.54) is 6.26 Å². The average molecular weight is 329 g/mol. The third kappa shape index (κ3) is 3.24. The highest BCUT2D eigenvalue weighted by Crippen LogP contribution is 2.29. The van der Waals surface area contributed by atoms with E-state index in [1.54, 1.807) is 49.7 Å². The second-order valence-electron chi connectivity index (χ2n) is 4.95. The molecule has 3 rings (SSSR count). The zero-order valence-corrected chi connectivity index (χ0v) is 13.5. The summed E-state index contributed by atoms with van der Waals surface area (Å²) in [6.07, 6.45) is 3.00. The Kier molecular flexibility index (Phi) is 3.87. The van der Waals surface area contributed by atoms with Crippen LogP contribution in [0.25, 0.3) is 11.0 Å². The molecule has 6 nitrogen and oxygen atoms in total. The van der Waals surface area contributed by atoms with E-state index in [-0.39, 0.29) is 0 Å². The molecule has 0 fully saturated rings. The maximum absolute atomic E-state index is 11.7. The molecule has 0 aliphatic carbocycles. The first-order chi connectivity index (χ1) is 11.0. The van der Waals surface area contributed by atoms with E-state index in [4.69, 9.17) is 14.3 Å². The van der Waals surface area contributed by atoms with Crippen molar-refractivity contribution in [2.24, 2.45) is 0 Å². The van der Waals surface area contributed by atoms with Gasteiger partial charge >= 0.3 is 0 Å². The summed E-state index contributed by atoms with van der Waals surface area (Å²) in [6, 6.07) is 12.0. The van der Waals surface area contributed by atoms with Crippen LogP contribution in [-0.4, -0.2) is 27.5 Å². The number of nitrogens with zero attached hydrogens (tertiary/aromatic N) is 2. The molecule has 0 spiro atoms. The van der Waals surface area contributed by atoms with E-state index in [1.807, 2.05) is 6.07 Å². The molecule has 2 aromatic heterocycles. The minimum atomic E-state index is -2.72. The van der Waals surface area contributed by atoms with E-state index in [0.717, 1.165) is 5.39 Å². The van der Waals surface area contributed by atoms with E-state index < -0.39 is 9.73 Å². The van der Waals surface area contributed by atoms with Crippen molar-refractivity contribution in [3.8, 4) is 17.4 Å². The number of ether oxygens (including phenoxy) is 2. The second-order valence-corrected chi connectivity index (χ2v) is 7.11. The summed E-state index contributed by atoms with van der Waals surface area (Å²) in [7, 11) is -1.17. The largest absolute Gasteiger partial charge is 0.481 e. The van der Waals surface area contributed by atoms with E-state index in [0.29, 0.717) is 27.9 Å². The van der Waals surface area contributed by atoms with Crippen LogP contribution >= 0.6 is 0 Å². The van der Waals surface area contributed by atoms with Crippen LogP contribution in [0.15, 0.2) is 53.6 Å². The van der Waals surface area contributed by atoms with Crippen LogP contribution in [0, 0.1) is 4.78 Å². The van der Waals surface area contributed by atoms with Crippen LogP contribution < -0.4 is 9.47 Å². The fraction of sp³-hybridized carbons (Fsp3) is 0.125. The van der Waals surface area contributed by atoms with Crippen molar-refractivity contribution in [1.29, 1.82) is 4.78 Å². The van der Waals surface area contributed by atoms with Gasteiger partial charge in [-0.05, 0) is 36.4 Å². The third-order valence-corrected chi connectivity index (χ3v) is 4.42. The Bertz CT molecular complexity index is 954. The Hall–Kier alpha value is -2.67. The standard InChI is InChI=1S/C16H15N3O3S/c1-21-15-8-7-13-14(9-10-18-16(13)19-15)22-11-3-5-12(6-4-11)23(2,17)20/h3-10,17H,1-2H3. The van der Waals surface area contributed by atoms with Crippen LogP contribution in [0.5, 0.6) is 17.4 Å². The number of fused-ring (bicyclic) bond motifs is 1. The first-order valence-corrected chi connectivity index (χ1v) is 8.75. The lowest BCUT2D eigenvalue weighted by molar-refractivity contribution is 0.399. The van der Waals surface area contributed by atoms with Gasteiger partial charge in [-0.25, -0.2) is 14.0 Å². The predicted molar refractivity (Wildman–Crippen MR) is 87.7 cm³/mol. The van der Waals surface area contributed by atoms with Gasteiger partial charge in [0, 0.05) is 23.4 Å². The van der Waals surface area contributed by atoms with Crippen LogP contribution in [0.4, 0.5) is 0 Å². The van der Waals surface area contributed by atoms with Crippen molar-refractivity contribution < 1.29 is 13.7 Å². The molecular formula is C16H15N3O3S. The zero-order valence-electron chi connectivity index (χ0n) is 12.6. The number of hydrogen-bond acceptors (Lipinski definition) is 6. The lowest BCUT2D eigenvalue weighted by Crippen LogP contribution is -1.95. The minimum Gasteiger partial charge on any atom is -0.481 e. The molecule has 1 aromatic carbocycles. The Morgan fingerprint density at radius 1 is 1.09 bits per heavy atom. The van der Waals surface area contributed by atoms with Gasteiger partial charge in [0.2, 0.25) is 5.88 Å². The molecule has 1 unspecified atom stereocenters.